The van der Waals surface area contributed by atoms with Crippen molar-refractivity contribution in [1.82, 2.24) is 16.0 Å². The summed E-state index contributed by atoms with van der Waals surface area (Å²) in [7, 11) is 1.77. The number of guanidine groups is 1. The van der Waals surface area contributed by atoms with Crippen molar-refractivity contribution in [3.05, 3.63) is 21.9 Å². The van der Waals surface area contributed by atoms with Crippen molar-refractivity contribution >= 4 is 47.2 Å². The number of hydrogen-bond donors (Lipinski definition) is 3. The minimum absolute atomic E-state index is 0. The summed E-state index contributed by atoms with van der Waals surface area (Å²) >= 11 is 1.84. The summed E-state index contributed by atoms with van der Waals surface area (Å²) in [6.07, 6.45) is 4.66. The van der Waals surface area contributed by atoms with Crippen LogP contribution in [0.4, 0.5) is 0 Å². The molecule has 1 saturated carbocycles. The zero-order valence-electron chi connectivity index (χ0n) is 14.7. The van der Waals surface area contributed by atoms with E-state index in [0.717, 1.165) is 38.2 Å². The molecule has 7 heteroatoms. The Morgan fingerprint density at radius 1 is 1.42 bits per heavy atom. The van der Waals surface area contributed by atoms with Gasteiger partial charge >= 0.3 is 0 Å². The molecule has 0 bridgehead atoms. The third kappa shape index (κ3) is 8.32. The van der Waals surface area contributed by atoms with Crippen LogP contribution in [-0.2, 0) is 11.2 Å². The second kappa shape index (κ2) is 10.9. The molecule has 1 aliphatic rings. The Hall–Kier alpha value is -0.830. The van der Waals surface area contributed by atoms with E-state index in [0.29, 0.717) is 18.5 Å². The van der Waals surface area contributed by atoms with Crippen molar-refractivity contribution < 1.29 is 4.79 Å². The third-order valence-electron chi connectivity index (χ3n) is 3.73. The Morgan fingerprint density at radius 2 is 2.17 bits per heavy atom. The summed E-state index contributed by atoms with van der Waals surface area (Å²) in [4.78, 5) is 18.6. The van der Waals surface area contributed by atoms with Gasteiger partial charge in [0, 0.05) is 48.3 Å². The maximum Gasteiger partial charge on any atom is 0.220 e. The van der Waals surface area contributed by atoms with E-state index in [2.05, 4.69) is 46.9 Å². The molecule has 136 valence electrons. The van der Waals surface area contributed by atoms with Gasteiger partial charge in [0.05, 0.1) is 0 Å². The molecule has 2 rings (SSSR count). The Labute approximate surface area is 166 Å². The topological polar surface area (TPSA) is 65.5 Å². The van der Waals surface area contributed by atoms with E-state index in [1.54, 1.807) is 7.05 Å². The molecule has 0 aliphatic heterocycles. The molecular weight excluding hydrogens is 435 g/mol. The van der Waals surface area contributed by atoms with Crippen LogP contribution in [0.25, 0.3) is 0 Å². The van der Waals surface area contributed by atoms with E-state index in [4.69, 9.17) is 0 Å². The normalized spacial score (nSPS) is 15.4. The monoisotopic (exact) mass is 464 g/mol. The number of aryl methyl sites for hydroxylation is 1. The Morgan fingerprint density at radius 3 is 2.75 bits per heavy atom. The lowest BCUT2D eigenvalue weighted by atomic mass is 10.2. The standard InChI is InChI=1S/C17H28N4OS.HI/c1-12(11-15-9-6-13(2)23-15)20-17(18-3)19-10-4-5-16(22)21-14-7-8-14;/h6,9,12,14H,4-5,7-8,10-11H2,1-3H3,(H,21,22)(H2,18,19,20);1H. The summed E-state index contributed by atoms with van der Waals surface area (Å²) in [6, 6.07) is 5.11. The molecule has 1 unspecified atom stereocenters. The lowest BCUT2D eigenvalue weighted by Crippen LogP contribution is -2.43. The summed E-state index contributed by atoms with van der Waals surface area (Å²) in [5, 5.41) is 9.68. The molecule has 0 saturated heterocycles. The Balaban J connectivity index is 0.00000288. The van der Waals surface area contributed by atoms with E-state index in [9.17, 15) is 4.79 Å². The molecule has 24 heavy (non-hydrogen) atoms. The quantitative estimate of drug-likeness (QED) is 0.240. The van der Waals surface area contributed by atoms with Crippen LogP contribution in [0.1, 0.15) is 42.4 Å². The second-order valence-corrected chi connectivity index (χ2v) is 7.58. The van der Waals surface area contributed by atoms with Gasteiger partial charge in [-0.3, -0.25) is 9.79 Å². The number of aliphatic imine (C=N–C) groups is 1. The van der Waals surface area contributed by atoms with Gasteiger partial charge in [0.1, 0.15) is 0 Å². The van der Waals surface area contributed by atoms with Crippen LogP contribution < -0.4 is 16.0 Å². The molecule has 1 aromatic rings. The molecule has 1 heterocycles. The van der Waals surface area contributed by atoms with Gasteiger partial charge in [0.25, 0.3) is 0 Å². The van der Waals surface area contributed by atoms with Crippen molar-refractivity contribution in [2.45, 2.75) is 58.0 Å². The fourth-order valence-electron chi connectivity index (χ4n) is 2.36. The lowest BCUT2D eigenvalue weighted by molar-refractivity contribution is -0.121. The molecule has 1 aliphatic carbocycles. The molecule has 1 amide bonds. The van der Waals surface area contributed by atoms with Crippen LogP contribution >= 0.6 is 35.3 Å². The van der Waals surface area contributed by atoms with Crippen molar-refractivity contribution in [1.29, 1.82) is 0 Å². The lowest BCUT2D eigenvalue weighted by Gasteiger charge is -2.17. The number of rotatable bonds is 8. The van der Waals surface area contributed by atoms with Crippen molar-refractivity contribution in [2.24, 2.45) is 4.99 Å². The first-order chi connectivity index (χ1) is 11.1. The van der Waals surface area contributed by atoms with E-state index in [1.807, 2.05) is 11.3 Å². The number of carbonyl (C=O) groups is 1. The number of halogens is 1. The van der Waals surface area contributed by atoms with E-state index in [1.165, 1.54) is 9.75 Å². The van der Waals surface area contributed by atoms with Crippen molar-refractivity contribution in [3.63, 3.8) is 0 Å². The van der Waals surface area contributed by atoms with Crippen LogP contribution in [-0.4, -0.2) is 37.5 Å². The van der Waals surface area contributed by atoms with Crippen molar-refractivity contribution in [3.8, 4) is 0 Å². The fraction of sp³-hybridized carbons (Fsp3) is 0.647. The highest BCUT2D eigenvalue weighted by Gasteiger charge is 2.22. The minimum atomic E-state index is 0. The van der Waals surface area contributed by atoms with Gasteiger partial charge in [-0.05, 0) is 45.2 Å². The maximum atomic E-state index is 11.6. The molecule has 0 aromatic carbocycles. The van der Waals surface area contributed by atoms with Crippen molar-refractivity contribution in [2.75, 3.05) is 13.6 Å². The first kappa shape index (κ1) is 21.2. The number of hydrogen-bond acceptors (Lipinski definition) is 3. The number of nitrogens with zero attached hydrogens (tertiary/aromatic N) is 1. The van der Waals surface area contributed by atoms with Gasteiger partial charge in [0.15, 0.2) is 5.96 Å². The smallest absolute Gasteiger partial charge is 0.220 e. The minimum Gasteiger partial charge on any atom is -0.356 e. The second-order valence-electron chi connectivity index (χ2n) is 6.21. The molecular formula is C17H29IN4OS. The van der Waals surface area contributed by atoms with E-state index >= 15 is 0 Å². The highest BCUT2D eigenvalue weighted by molar-refractivity contribution is 14.0. The van der Waals surface area contributed by atoms with Crippen LogP contribution in [0.5, 0.6) is 0 Å². The van der Waals surface area contributed by atoms with Crippen LogP contribution in [0.2, 0.25) is 0 Å². The zero-order chi connectivity index (χ0) is 16.7. The highest BCUT2D eigenvalue weighted by Crippen LogP contribution is 2.18. The number of thiophene rings is 1. The SMILES string of the molecule is CN=C(NCCCC(=O)NC1CC1)NC(C)Cc1ccc(C)s1.I. The molecule has 1 aromatic heterocycles. The summed E-state index contributed by atoms with van der Waals surface area (Å²) < 4.78 is 0. The number of carbonyl (C=O) groups excluding carboxylic acids is 1. The third-order valence-corrected chi connectivity index (χ3v) is 4.75. The van der Waals surface area contributed by atoms with E-state index in [-0.39, 0.29) is 29.9 Å². The van der Waals surface area contributed by atoms with Gasteiger partial charge < -0.3 is 16.0 Å². The van der Waals surface area contributed by atoms with Crippen LogP contribution in [0.15, 0.2) is 17.1 Å². The fourth-order valence-corrected chi connectivity index (χ4v) is 3.38. The first-order valence-electron chi connectivity index (χ1n) is 8.38. The summed E-state index contributed by atoms with van der Waals surface area (Å²) in [5.41, 5.74) is 0. The average Bonchev–Trinajstić information content (AvgIpc) is 3.23. The highest BCUT2D eigenvalue weighted by atomic mass is 127. The van der Waals surface area contributed by atoms with Gasteiger partial charge in [-0.15, -0.1) is 35.3 Å². The van der Waals surface area contributed by atoms with Gasteiger partial charge in [-0.25, -0.2) is 0 Å². The summed E-state index contributed by atoms with van der Waals surface area (Å²) in [6.45, 7) is 5.04. The Bertz CT molecular complexity index is 542. The zero-order valence-corrected chi connectivity index (χ0v) is 17.9. The van der Waals surface area contributed by atoms with Crippen LogP contribution in [0, 0.1) is 6.92 Å². The molecule has 3 N–H and O–H groups in total. The predicted molar refractivity (Wildman–Crippen MR) is 113 cm³/mol. The first-order valence-corrected chi connectivity index (χ1v) is 9.20. The number of nitrogens with one attached hydrogen (secondary N) is 3. The summed E-state index contributed by atoms with van der Waals surface area (Å²) in [5.74, 6) is 0.965. The molecule has 5 nitrogen and oxygen atoms in total. The molecule has 0 spiro atoms. The maximum absolute atomic E-state index is 11.6. The van der Waals surface area contributed by atoms with Gasteiger partial charge in [0.2, 0.25) is 5.91 Å². The average molecular weight is 464 g/mol. The Kier molecular flexibility index (Phi) is 9.65. The van der Waals surface area contributed by atoms with Crippen LogP contribution in [0.3, 0.4) is 0 Å². The molecule has 0 radical (unpaired) electrons. The van der Waals surface area contributed by atoms with E-state index < -0.39 is 0 Å². The number of amides is 1. The predicted octanol–water partition coefficient (Wildman–Crippen LogP) is 2.83. The molecule has 1 atom stereocenters. The molecule has 1 fully saturated rings. The van der Waals surface area contributed by atoms with Gasteiger partial charge in [-0.2, -0.15) is 0 Å². The van der Waals surface area contributed by atoms with Gasteiger partial charge in [-0.1, -0.05) is 0 Å². The largest absolute Gasteiger partial charge is 0.356 e.